The average Bonchev–Trinajstić information content (AvgIpc) is 2.67. The molecular weight excluding hydrogens is 346 g/mol. The van der Waals surface area contributed by atoms with Crippen LogP contribution in [0.1, 0.15) is 21.6 Å². The number of aromatic nitrogens is 3. The number of hydrogen-bond donors (Lipinski definition) is 0. The van der Waals surface area contributed by atoms with E-state index in [0.717, 1.165) is 10.7 Å². The predicted molar refractivity (Wildman–Crippen MR) is 63.5 cm³/mol. The molecule has 0 atom stereocenters. The van der Waals surface area contributed by atoms with E-state index in [0.29, 0.717) is 12.1 Å². The summed E-state index contributed by atoms with van der Waals surface area (Å²) in [4.78, 5) is 12.1. The van der Waals surface area contributed by atoms with E-state index in [1.807, 2.05) is 0 Å². The molecule has 0 bridgehead atoms. The minimum Gasteiger partial charge on any atom is -0.287 e. The molecule has 2 rings (SSSR count). The Morgan fingerprint density at radius 1 is 1.35 bits per heavy atom. The quantitative estimate of drug-likeness (QED) is 0.617. The summed E-state index contributed by atoms with van der Waals surface area (Å²) in [5.41, 5.74) is -1.82. The molecular formula is C11H6BrF4N3O. The predicted octanol–water partition coefficient (Wildman–Crippen LogP) is 2.97. The Morgan fingerprint density at radius 2 is 2.00 bits per heavy atom. The molecule has 0 aliphatic rings. The Morgan fingerprint density at radius 3 is 2.50 bits per heavy atom. The molecule has 0 fully saturated rings. The third-order valence-corrected chi connectivity index (χ3v) is 3.07. The number of rotatable bonds is 2. The van der Waals surface area contributed by atoms with E-state index in [-0.39, 0.29) is 15.9 Å². The molecule has 0 saturated carbocycles. The zero-order valence-electron chi connectivity index (χ0n) is 9.87. The van der Waals surface area contributed by atoms with E-state index in [1.165, 1.54) is 7.05 Å². The van der Waals surface area contributed by atoms with Gasteiger partial charge in [-0.15, -0.1) is 5.10 Å². The molecule has 0 unspecified atom stereocenters. The first-order valence-corrected chi connectivity index (χ1v) is 5.97. The van der Waals surface area contributed by atoms with Crippen LogP contribution >= 0.6 is 15.9 Å². The van der Waals surface area contributed by atoms with E-state index in [1.54, 1.807) is 0 Å². The average molecular weight is 352 g/mol. The van der Waals surface area contributed by atoms with Crippen LogP contribution in [-0.4, -0.2) is 20.8 Å². The van der Waals surface area contributed by atoms with Crippen LogP contribution in [0.25, 0.3) is 0 Å². The minimum absolute atomic E-state index is 0.0234. The number of carbonyl (C=O) groups excluding carboxylic acids is 1. The fourth-order valence-electron chi connectivity index (χ4n) is 1.59. The highest BCUT2D eigenvalue weighted by Gasteiger charge is 2.35. The Balaban J connectivity index is 2.52. The van der Waals surface area contributed by atoms with Crippen molar-refractivity contribution < 1.29 is 22.4 Å². The summed E-state index contributed by atoms with van der Waals surface area (Å²) in [7, 11) is 1.42. The van der Waals surface area contributed by atoms with Gasteiger partial charge in [0, 0.05) is 12.6 Å². The molecule has 1 aromatic heterocycles. The fourth-order valence-corrected chi connectivity index (χ4v) is 2.10. The molecule has 0 aliphatic carbocycles. The van der Waals surface area contributed by atoms with E-state index in [9.17, 15) is 22.4 Å². The number of nitrogens with zero attached hydrogens (tertiary/aromatic N) is 3. The first-order chi connectivity index (χ1) is 9.21. The topological polar surface area (TPSA) is 47.8 Å². The Bertz CT molecular complexity index is 661. The lowest BCUT2D eigenvalue weighted by molar-refractivity contribution is -0.140. The zero-order chi connectivity index (χ0) is 15.1. The largest absolute Gasteiger partial charge is 0.419 e. The molecule has 0 radical (unpaired) electrons. The highest BCUT2D eigenvalue weighted by molar-refractivity contribution is 9.10. The van der Waals surface area contributed by atoms with Crippen LogP contribution in [0.4, 0.5) is 17.6 Å². The first-order valence-electron chi connectivity index (χ1n) is 5.18. The molecule has 0 amide bonds. The molecule has 0 N–H and O–H groups in total. The smallest absolute Gasteiger partial charge is 0.287 e. The highest BCUT2D eigenvalue weighted by atomic mass is 79.9. The van der Waals surface area contributed by atoms with Crippen LogP contribution in [0.5, 0.6) is 0 Å². The van der Waals surface area contributed by atoms with E-state index in [4.69, 9.17) is 0 Å². The van der Waals surface area contributed by atoms with Gasteiger partial charge >= 0.3 is 6.18 Å². The molecule has 0 aliphatic heterocycles. The normalized spacial score (nSPS) is 11.7. The number of alkyl halides is 3. The fraction of sp³-hybridized carbons (Fsp3) is 0.182. The van der Waals surface area contributed by atoms with Crippen LogP contribution in [0, 0.1) is 5.82 Å². The Labute approximate surface area is 118 Å². The number of benzene rings is 1. The molecule has 1 heterocycles. The van der Waals surface area contributed by atoms with Gasteiger partial charge in [0.15, 0.2) is 4.60 Å². The van der Waals surface area contributed by atoms with Gasteiger partial charge in [-0.2, -0.15) is 13.2 Å². The van der Waals surface area contributed by atoms with Gasteiger partial charge in [-0.1, -0.05) is 5.21 Å². The summed E-state index contributed by atoms with van der Waals surface area (Å²) in [6.07, 6.45) is -4.87. The minimum atomic E-state index is -4.87. The number of ketones is 1. The SMILES string of the molecule is Cn1nnc(Br)c1C(=O)c1ccc(F)c(C(F)(F)F)c1. The van der Waals surface area contributed by atoms with Gasteiger partial charge in [0.25, 0.3) is 0 Å². The van der Waals surface area contributed by atoms with Crippen molar-refractivity contribution in [3.05, 3.63) is 45.4 Å². The maximum atomic E-state index is 13.2. The number of hydrogen-bond acceptors (Lipinski definition) is 3. The van der Waals surface area contributed by atoms with Crippen LogP contribution in [0.2, 0.25) is 0 Å². The molecule has 2 aromatic rings. The molecule has 4 nitrogen and oxygen atoms in total. The Hall–Kier alpha value is -1.77. The summed E-state index contributed by atoms with van der Waals surface area (Å²) in [5.74, 6) is -2.17. The maximum absolute atomic E-state index is 13.2. The van der Waals surface area contributed by atoms with Gasteiger partial charge < -0.3 is 0 Å². The zero-order valence-corrected chi connectivity index (χ0v) is 11.5. The molecule has 20 heavy (non-hydrogen) atoms. The summed E-state index contributed by atoms with van der Waals surface area (Å²) >= 11 is 2.98. The maximum Gasteiger partial charge on any atom is 0.419 e. The molecule has 1 aromatic carbocycles. The molecule has 106 valence electrons. The van der Waals surface area contributed by atoms with Crippen LogP contribution in [0.15, 0.2) is 22.8 Å². The second-order valence-corrected chi connectivity index (χ2v) is 4.63. The molecule has 9 heteroatoms. The van der Waals surface area contributed by atoms with Crippen LogP contribution in [-0.2, 0) is 13.2 Å². The third-order valence-electron chi connectivity index (χ3n) is 2.53. The van der Waals surface area contributed by atoms with Gasteiger partial charge in [-0.3, -0.25) is 4.79 Å². The van der Waals surface area contributed by atoms with Crippen molar-refractivity contribution in [1.82, 2.24) is 15.0 Å². The van der Waals surface area contributed by atoms with Crippen LogP contribution < -0.4 is 0 Å². The standard InChI is InChI=1S/C11H6BrF4N3O/c1-19-8(10(12)17-18-19)9(20)5-2-3-7(13)6(4-5)11(14,15)16/h2-4H,1H3. The number of aryl methyl sites for hydroxylation is 1. The van der Waals surface area contributed by atoms with Crippen LogP contribution in [0.3, 0.4) is 0 Å². The monoisotopic (exact) mass is 351 g/mol. The second kappa shape index (κ2) is 4.97. The van der Waals surface area contributed by atoms with Crippen molar-refractivity contribution in [3.63, 3.8) is 0 Å². The van der Waals surface area contributed by atoms with Crippen molar-refractivity contribution in [2.75, 3.05) is 0 Å². The van der Waals surface area contributed by atoms with Gasteiger partial charge in [0.1, 0.15) is 11.5 Å². The van der Waals surface area contributed by atoms with Gasteiger partial charge in [-0.05, 0) is 34.1 Å². The molecule has 0 saturated heterocycles. The van der Waals surface area contributed by atoms with Crippen molar-refractivity contribution in [3.8, 4) is 0 Å². The summed E-state index contributed by atoms with van der Waals surface area (Å²) < 4.78 is 52.2. The van der Waals surface area contributed by atoms with Crippen molar-refractivity contribution in [2.45, 2.75) is 6.18 Å². The summed E-state index contributed by atoms with van der Waals surface area (Å²) in [6.45, 7) is 0. The van der Waals surface area contributed by atoms with Crippen molar-refractivity contribution in [2.24, 2.45) is 7.05 Å². The van der Waals surface area contributed by atoms with Gasteiger partial charge in [0.2, 0.25) is 5.78 Å². The first kappa shape index (κ1) is 14.6. The summed E-state index contributed by atoms with van der Waals surface area (Å²) in [6, 6.07) is 2.05. The van der Waals surface area contributed by atoms with E-state index < -0.39 is 23.3 Å². The lowest BCUT2D eigenvalue weighted by Gasteiger charge is -2.09. The summed E-state index contributed by atoms with van der Waals surface area (Å²) in [5, 5.41) is 7.12. The van der Waals surface area contributed by atoms with Crippen molar-refractivity contribution in [1.29, 1.82) is 0 Å². The second-order valence-electron chi connectivity index (χ2n) is 3.87. The van der Waals surface area contributed by atoms with E-state index in [2.05, 4.69) is 26.2 Å². The molecule has 0 spiro atoms. The number of halogens is 5. The lowest BCUT2D eigenvalue weighted by Crippen LogP contribution is -2.13. The third kappa shape index (κ3) is 2.58. The van der Waals surface area contributed by atoms with Gasteiger partial charge in [-0.25, -0.2) is 9.07 Å². The van der Waals surface area contributed by atoms with Crippen molar-refractivity contribution >= 4 is 21.7 Å². The van der Waals surface area contributed by atoms with Gasteiger partial charge in [0.05, 0.1) is 5.56 Å². The highest BCUT2D eigenvalue weighted by Crippen LogP contribution is 2.32. The Kier molecular flexibility index (Phi) is 3.63. The van der Waals surface area contributed by atoms with E-state index >= 15 is 0 Å². The number of carbonyl (C=O) groups is 1. The lowest BCUT2D eigenvalue weighted by atomic mass is 10.0.